The fourth-order valence-electron chi connectivity index (χ4n) is 2.32. The molecule has 19 heavy (non-hydrogen) atoms. The maximum atomic E-state index is 5.13. The van der Waals surface area contributed by atoms with Crippen molar-refractivity contribution in [1.82, 2.24) is 25.3 Å². The molecule has 2 N–H and O–H groups in total. The van der Waals surface area contributed by atoms with Crippen molar-refractivity contribution < 1.29 is 4.52 Å². The number of hydrogen-bond donors (Lipinski definition) is 2. The molecule has 0 unspecified atom stereocenters. The van der Waals surface area contributed by atoms with Gasteiger partial charge in [-0.25, -0.2) is 4.98 Å². The highest BCUT2D eigenvalue weighted by molar-refractivity contribution is 5.87. The number of anilines is 1. The van der Waals surface area contributed by atoms with E-state index in [4.69, 9.17) is 4.52 Å². The second kappa shape index (κ2) is 5.50. The van der Waals surface area contributed by atoms with Crippen LogP contribution in [0.5, 0.6) is 0 Å². The average Bonchev–Trinajstić information content (AvgIpc) is 2.83. The Kier molecular flexibility index (Phi) is 3.56. The molecule has 0 atom stereocenters. The zero-order valence-corrected chi connectivity index (χ0v) is 11.0. The summed E-state index contributed by atoms with van der Waals surface area (Å²) in [6, 6.07) is 0. The van der Waals surface area contributed by atoms with E-state index in [0.717, 1.165) is 56.2 Å². The largest absolute Gasteiger partial charge is 0.368 e. The molecule has 7 nitrogen and oxygen atoms in total. The number of rotatable bonds is 4. The van der Waals surface area contributed by atoms with Crippen molar-refractivity contribution >= 4 is 16.9 Å². The van der Waals surface area contributed by atoms with Gasteiger partial charge in [-0.05, 0) is 6.92 Å². The number of nitrogens with one attached hydrogen (secondary N) is 2. The molecule has 0 aromatic carbocycles. The fourth-order valence-corrected chi connectivity index (χ4v) is 2.32. The number of piperazine rings is 1. The van der Waals surface area contributed by atoms with E-state index in [-0.39, 0.29) is 0 Å². The van der Waals surface area contributed by atoms with Gasteiger partial charge in [0.15, 0.2) is 0 Å². The molecule has 3 rings (SSSR count). The maximum absolute atomic E-state index is 5.13. The highest BCUT2D eigenvalue weighted by Gasteiger charge is 2.12. The molecule has 2 aromatic heterocycles. The van der Waals surface area contributed by atoms with Gasteiger partial charge in [0.1, 0.15) is 17.5 Å². The molecule has 3 heterocycles. The molecule has 1 fully saturated rings. The first kappa shape index (κ1) is 12.3. The van der Waals surface area contributed by atoms with E-state index < -0.39 is 0 Å². The van der Waals surface area contributed by atoms with E-state index in [1.54, 1.807) is 0 Å². The SMILES string of the molecule is Cc1noc2ncnc(NCCN3CCNCC3)c12. The minimum atomic E-state index is 0.539. The highest BCUT2D eigenvalue weighted by atomic mass is 16.5. The minimum Gasteiger partial charge on any atom is -0.368 e. The number of fused-ring (bicyclic) bond motifs is 1. The van der Waals surface area contributed by atoms with Crippen molar-refractivity contribution in [3.63, 3.8) is 0 Å². The Morgan fingerprint density at radius 2 is 2.21 bits per heavy atom. The molecular weight excluding hydrogens is 244 g/mol. The summed E-state index contributed by atoms with van der Waals surface area (Å²) in [6.07, 6.45) is 1.50. The van der Waals surface area contributed by atoms with E-state index in [1.165, 1.54) is 6.33 Å². The van der Waals surface area contributed by atoms with Crippen LogP contribution in [0.1, 0.15) is 5.69 Å². The van der Waals surface area contributed by atoms with Crippen LogP contribution >= 0.6 is 0 Å². The average molecular weight is 262 g/mol. The Bertz CT molecular complexity index is 548. The number of aryl methyl sites for hydroxylation is 1. The van der Waals surface area contributed by atoms with Crippen LogP contribution in [0.15, 0.2) is 10.9 Å². The van der Waals surface area contributed by atoms with Crippen LogP contribution in [0.3, 0.4) is 0 Å². The first-order chi connectivity index (χ1) is 9.34. The summed E-state index contributed by atoms with van der Waals surface area (Å²) in [5.41, 5.74) is 1.36. The molecule has 0 spiro atoms. The monoisotopic (exact) mass is 262 g/mol. The highest BCUT2D eigenvalue weighted by Crippen LogP contribution is 2.21. The Morgan fingerprint density at radius 3 is 3.05 bits per heavy atom. The van der Waals surface area contributed by atoms with Gasteiger partial charge in [0, 0.05) is 39.3 Å². The van der Waals surface area contributed by atoms with E-state index >= 15 is 0 Å². The molecule has 1 saturated heterocycles. The molecule has 102 valence electrons. The van der Waals surface area contributed by atoms with E-state index in [9.17, 15) is 0 Å². The summed E-state index contributed by atoms with van der Waals surface area (Å²) in [5, 5.41) is 11.5. The summed E-state index contributed by atoms with van der Waals surface area (Å²) in [6.45, 7) is 8.12. The van der Waals surface area contributed by atoms with Gasteiger partial charge in [-0.1, -0.05) is 5.16 Å². The standard InChI is InChI=1S/C12H18N6O/c1-9-10-11(15-8-16-12(10)19-17-9)14-4-7-18-5-2-13-3-6-18/h8,13H,2-7H2,1H3,(H,14,15,16). The topological polar surface area (TPSA) is 79.1 Å². The molecule has 0 radical (unpaired) electrons. The lowest BCUT2D eigenvalue weighted by molar-refractivity contribution is 0.249. The Labute approximate surface area is 111 Å². The van der Waals surface area contributed by atoms with Crippen LogP contribution in [0.4, 0.5) is 5.82 Å². The van der Waals surface area contributed by atoms with Crippen molar-refractivity contribution in [3.05, 3.63) is 12.0 Å². The van der Waals surface area contributed by atoms with Gasteiger partial charge in [-0.15, -0.1) is 0 Å². The van der Waals surface area contributed by atoms with Crippen LogP contribution in [0.25, 0.3) is 11.1 Å². The number of nitrogens with zero attached hydrogens (tertiary/aromatic N) is 4. The van der Waals surface area contributed by atoms with Crippen LogP contribution in [-0.4, -0.2) is 59.3 Å². The van der Waals surface area contributed by atoms with E-state index in [2.05, 4.69) is 30.7 Å². The molecule has 0 bridgehead atoms. The molecule has 0 saturated carbocycles. The summed E-state index contributed by atoms with van der Waals surface area (Å²) in [5.74, 6) is 0.805. The first-order valence-electron chi connectivity index (χ1n) is 6.58. The molecule has 1 aliphatic rings. The Hall–Kier alpha value is -1.73. The van der Waals surface area contributed by atoms with Crippen molar-refractivity contribution in [2.24, 2.45) is 0 Å². The van der Waals surface area contributed by atoms with Crippen molar-refractivity contribution in [1.29, 1.82) is 0 Å². The van der Waals surface area contributed by atoms with Crippen LogP contribution in [-0.2, 0) is 0 Å². The Balaban J connectivity index is 1.63. The van der Waals surface area contributed by atoms with Crippen molar-refractivity contribution in [2.45, 2.75) is 6.92 Å². The second-order valence-electron chi connectivity index (χ2n) is 4.69. The van der Waals surface area contributed by atoms with E-state index in [0.29, 0.717) is 5.71 Å². The third-order valence-electron chi connectivity index (χ3n) is 3.37. The zero-order chi connectivity index (χ0) is 13.1. The lowest BCUT2D eigenvalue weighted by Crippen LogP contribution is -2.45. The third kappa shape index (κ3) is 2.66. The number of aromatic nitrogens is 3. The van der Waals surface area contributed by atoms with Gasteiger partial charge >= 0.3 is 0 Å². The smallest absolute Gasteiger partial charge is 0.263 e. The van der Waals surface area contributed by atoms with Gasteiger partial charge in [-0.2, -0.15) is 4.98 Å². The predicted molar refractivity (Wildman–Crippen MR) is 72.1 cm³/mol. The minimum absolute atomic E-state index is 0.539. The van der Waals surface area contributed by atoms with Crippen LogP contribution < -0.4 is 10.6 Å². The predicted octanol–water partition coefficient (Wildman–Crippen LogP) is 0.243. The van der Waals surface area contributed by atoms with E-state index in [1.807, 2.05) is 6.92 Å². The molecule has 1 aliphatic heterocycles. The summed E-state index contributed by atoms with van der Waals surface area (Å²) in [7, 11) is 0. The van der Waals surface area contributed by atoms with Gasteiger partial charge in [0.2, 0.25) is 0 Å². The third-order valence-corrected chi connectivity index (χ3v) is 3.37. The fraction of sp³-hybridized carbons (Fsp3) is 0.583. The van der Waals surface area contributed by atoms with Crippen LogP contribution in [0.2, 0.25) is 0 Å². The molecular formula is C12H18N6O. The van der Waals surface area contributed by atoms with Crippen LogP contribution in [0, 0.1) is 6.92 Å². The molecule has 0 amide bonds. The van der Waals surface area contributed by atoms with Crippen molar-refractivity contribution in [2.75, 3.05) is 44.6 Å². The lowest BCUT2D eigenvalue weighted by atomic mass is 10.3. The normalized spacial score (nSPS) is 16.9. The van der Waals surface area contributed by atoms with Gasteiger partial charge in [0.25, 0.3) is 5.71 Å². The summed E-state index contributed by atoms with van der Waals surface area (Å²) >= 11 is 0. The number of hydrogen-bond acceptors (Lipinski definition) is 7. The summed E-state index contributed by atoms with van der Waals surface area (Å²) < 4.78 is 5.13. The summed E-state index contributed by atoms with van der Waals surface area (Å²) in [4.78, 5) is 10.8. The van der Waals surface area contributed by atoms with Crippen molar-refractivity contribution in [3.8, 4) is 0 Å². The lowest BCUT2D eigenvalue weighted by Gasteiger charge is -2.27. The quantitative estimate of drug-likeness (QED) is 0.817. The Morgan fingerprint density at radius 1 is 1.37 bits per heavy atom. The molecule has 7 heteroatoms. The van der Waals surface area contributed by atoms with Gasteiger partial charge in [-0.3, -0.25) is 4.90 Å². The van der Waals surface area contributed by atoms with Gasteiger partial charge < -0.3 is 15.2 Å². The zero-order valence-electron chi connectivity index (χ0n) is 11.0. The van der Waals surface area contributed by atoms with Gasteiger partial charge in [0.05, 0.1) is 5.69 Å². The molecule has 0 aliphatic carbocycles. The molecule has 2 aromatic rings. The maximum Gasteiger partial charge on any atom is 0.263 e. The first-order valence-corrected chi connectivity index (χ1v) is 6.58. The second-order valence-corrected chi connectivity index (χ2v) is 4.69.